The summed E-state index contributed by atoms with van der Waals surface area (Å²) in [7, 11) is 3.70. The topological polar surface area (TPSA) is 18.5 Å². The summed E-state index contributed by atoms with van der Waals surface area (Å²) < 4.78 is 11.7. The maximum atomic E-state index is 5.83. The molecule has 4 rings (SSSR count). The summed E-state index contributed by atoms with van der Waals surface area (Å²) in [6.45, 7) is 2.67. The van der Waals surface area contributed by atoms with Gasteiger partial charge in [-0.1, -0.05) is 26.2 Å². The molecule has 0 N–H and O–H groups in total. The first-order valence-corrected chi connectivity index (χ1v) is 10.2. The third-order valence-corrected chi connectivity index (χ3v) is 8.89. The van der Waals surface area contributed by atoms with Crippen molar-refractivity contribution in [1.29, 1.82) is 0 Å². The Morgan fingerprint density at radius 2 is 1.61 bits per heavy atom. The number of ether oxygens (including phenoxy) is 2. The zero-order valence-electron chi connectivity index (χ0n) is 15.5. The first-order valence-electron chi connectivity index (χ1n) is 10.2. The molecule has 0 heterocycles. The Morgan fingerprint density at radius 3 is 2.39 bits per heavy atom. The second-order valence-electron chi connectivity index (χ2n) is 9.37. The standard InChI is InChI=1S/C21H36O2/c1-20-12-5-4-7-15(20)9-10-16-17(20)11-14-21(19(22-2)23-3)13-6-8-18(16)21/h15-19H,4-14H2,1-3H3/t15?,16-,17+,18+,20+,21-/m1/s1. The van der Waals surface area contributed by atoms with Gasteiger partial charge in [0, 0.05) is 19.6 Å². The van der Waals surface area contributed by atoms with E-state index in [0.717, 1.165) is 23.7 Å². The van der Waals surface area contributed by atoms with E-state index in [2.05, 4.69) is 6.92 Å². The van der Waals surface area contributed by atoms with Crippen molar-refractivity contribution in [2.75, 3.05) is 14.2 Å². The molecule has 2 heteroatoms. The highest BCUT2D eigenvalue weighted by molar-refractivity contribution is 5.08. The van der Waals surface area contributed by atoms with E-state index in [-0.39, 0.29) is 6.29 Å². The van der Waals surface area contributed by atoms with Gasteiger partial charge in [0.05, 0.1) is 0 Å². The smallest absolute Gasteiger partial charge is 0.162 e. The lowest BCUT2D eigenvalue weighted by Gasteiger charge is -2.61. The first-order chi connectivity index (χ1) is 11.2. The molecule has 0 saturated heterocycles. The van der Waals surface area contributed by atoms with Gasteiger partial charge in [-0.3, -0.25) is 0 Å². The Hall–Kier alpha value is -0.0800. The van der Waals surface area contributed by atoms with E-state index >= 15 is 0 Å². The average molecular weight is 321 g/mol. The van der Waals surface area contributed by atoms with Crippen LogP contribution in [0, 0.1) is 34.5 Å². The van der Waals surface area contributed by atoms with Crippen molar-refractivity contribution in [3.63, 3.8) is 0 Å². The Bertz CT molecular complexity index is 432. The summed E-state index contributed by atoms with van der Waals surface area (Å²) in [5.41, 5.74) is 0.966. The molecule has 0 spiro atoms. The lowest BCUT2D eigenvalue weighted by Crippen LogP contribution is -2.55. The van der Waals surface area contributed by atoms with Crippen molar-refractivity contribution in [3.05, 3.63) is 0 Å². The van der Waals surface area contributed by atoms with Crippen LogP contribution in [0.1, 0.15) is 77.6 Å². The van der Waals surface area contributed by atoms with Gasteiger partial charge in [0.15, 0.2) is 6.29 Å². The van der Waals surface area contributed by atoms with E-state index in [9.17, 15) is 0 Å². The number of hydrogen-bond donors (Lipinski definition) is 0. The van der Waals surface area contributed by atoms with E-state index in [4.69, 9.17) is 9.47 Å². The molecule has 132 valence electrons. The molecule has 6 atom stereocenters. The van der Waals surface area contributed by atoms with E-state index in [1.54, 1.807) is 0 Å². The van der Waals surface area contributed by atoms with E-state index < -0.39 is 0 Å². The fourth-order valence-electron chi connectivity index (χ4n) is 7.98. The van der Waals surface area contributed by atoms with Crippen LogP contribution < -0.4 is 0 Å². The third kappa shape index (κ3) is 2.27. The van der Waals surface area contributed by atoms with Crippen molar-refractivity contribution in [2.24, 2.45) is 34.5 Å². The van der Waals surface area contributed by atoms with Crippen LogP contribution in [0.5, 0.6) is 0 Å². The molecule has 0 aliphatic heterocycles. The number of methoxy groups -OCH3 is 2. The molecular weight excluding hydrogens is 284 g/mol. The fourth-order valence-corrected chi connectivity index (χ4v) is 7.98. The second-order valence-corrected chi connectivity index (χ2v) is 9.37. The number of fused-ring (bicyclic) bond motifs is 5. The van der Waals surface area contributed by atoms with Gasteiger partial charge in [-0.25, -0.2) is 0 Å². The predicted molar refractivity (Wildman–Crippen MR) is 93.1 cm³/mol. The largest absolute Gasteiger partial charge is 0.355 e. The van der Waals surface area contributed by atoms with Gasteiger partial charge in [-0.15, -0.1) is 0 Å². The highest BCUT2D eigenvalue weighted by Crippen LogP contribution is 2.67. The monoisotopic (exact) mass is 320 g/mol. The lowest BCUT2D eigenvalue weighted by atomic mass is 9.45. The highest BCUT2D eigenvalue weighted by atomic mass is 16.7. The molecule has 0 aromatic carbocycles. The fraction of sp³-hybridized carbons (Fsp3) is 1.00. The molecule has 4 saturated carbocycles. The van der Waals surface area contributed by atoms with Crippen molar-refractivity contribution >= 4 is 0 Å². The minimum Gasteiger partial charge on any atom is -0.355 e. The quantitative estimate of drug-likeness (QED) is 0.647. The SMILES string of the molecule is COC(OC)[C@@]12CCC[C@H]1[C@@H]1CCC3CCCC[C@]3(C)[C@H]1CC2. The van der Waals surface area contributed by atoms with Crippen molar-refractivity contribution in [3.8, 4) is 0 Å². The first kappa shape index (κ1) is 16.4. The van der Waals surface area contributed by atoms with E-state index in [0.29, 0.717) is 10.8 Å². The Kier molecular flexibility index (Phi) is 4.29. The number of rotatable bonds is 3. The maximum Gasteiger partial charge on any atom is 0.162 e. The zero-order valence-corrected chi connectivity index (χ0v) is 15.5. The summed E-state index contributed by atoms with van der Waals surface area (Å²) in [5, 5.41) is 0. The summed E-state index contributed by atoms with van der Waals surface area (Å²) in [6.07, 6.45) is 15.9. The van der Waals surface area contributed by atoms with Gasteiger partial charge >= 0.3 is 0 Å². The van der Waals surface area contributed by atoms with E-state index in [1.807, 2.05) is 14.2 Å². The molecule has 2 nitrogen and oxygen atoms in total. The minimum atomic E-state index is 0.0211. The molecule has 23 heavy (non-hydrogen) atoms. The van der Waals surface area contributed by atoms with E-state index in [1.165, 1.54) is 70.6 Å². The Labute approximate surface area is 142 Å². The number of hydrogen-bond acceptors (Lipinski definition) is 2. The van der Waals surface area contributed by atoms with Gasteiger partial charge in [-0.2, -0.15) is 0 Å². The highest BCUT2D eigenvalue weighted by Gasteiger charge is 2.61. The Balaban J connectivity index is 1.63. The summed E-state index contributed by atoms with van der Waals surface area (Å²) in [4.78, 5) is 0. The van der Waals surface area contributed by atoms with Crippen LogP contribution in [0.15, 0.2) is 0 Å². The summed E-state index contributed by atoms with van der Waals surface area (Å²) in [6, 6.07) is 0. The molecule has 1 unspecified atom stereocenters. The molecule has 4 fully saturated rings. The average Bonchev–Trinajstić information content (AvgIpc) is 3.00. The molecule has 0 amide bonds. The predicted octanol–water partition coefficient (Wildman–Crippen LogP) is 5.41. The van der Waals surface area contributed by atoms with Crippen molar-refractivity contribution < 1.29 is 9.47 Å². The van der Waals surface area contributed by atoms with Crippen LogP contribution in [0.2, 0.25) is 0 Å². The molecular formula is C21H36O2. The van der Waals surface area contributed by atoms with Crippen molar-refractivity contribution in [1.82, 2.24) is 0 Å². The van der Waals surface area contributed by atoms with Gasteiger partial charge in [0.1, 0.15) is 0 Å². The molecule has 0 aromatic heterocycles. The molecule has 0 aromatic rings. The maximum absolute atomic E-state index is 5.83. The molecule has 0 bridgehead atoms. The Morgan fingerprint density at radius 1 is 0.783 bits per heavy atom. The van der Waals surface area contributed by atoms with Gasteiger partial charge in [-0.05, 0) is 80.5 Å². The molecule has 4 aliphatic rings. The van der Waals surface area contributed by atoms with Gasteiger partial charge in [0.25, 0.3) is 0 Å². The minimum absolute atomic E-state index is 0.0211. The zero-order chi connectivity index (χ0) is 16.1. The third-order valence-electron chi connectivity index (χ3n) is 8.89. The van der Waals surface area contributed by atoms with Gasteiger partial charge in [0.2, 0.25) is 0 Å². The van der Waals surface area contributed by atoms with Crippen LogP contribution in [0.4, 0.5) is 0 Å². The van der Waals surface area contributed by atoms with Gasteiger partial charge < -0.3 is 9.47 Å². The molecule has 0 radical (unpaired) electrons. The van der Waals surface area contributed by atoms with Crippen LogP contribution in [0.3, 0.4) is 0 Å². The van der Waals surface area contributed by atoms with Crippen LogP contribution >= 0.6 is 0 Å². The van der Waals surface area contributed by atoms with Crippen LogP contribution in [0.25, 0.3) is 0 Å². The van der Waals surface area contributed by atoms with Crippen molar-refractivity contribution in [2.45, 2.75) is 83.8 Å². The summed E-state index contributed by atoms with van der Waals surface area (Å²) >= 11 is 0. The molecule has 4 aliphatic carbocycles. The summed E-state index contributed by atoms with van der Waals surface area (Å²) in [5.74, 6) is 3.79. The normalized spacial score (nSPS) is 49.6. The van der Waals surface area contributed by atoms with Crippen LogP contribution in [-0.2, 0) is 9.47 Å². The lowest BCUT2D eigenvalue weighted by molar-refractivity contribution is -0.225. The second kappa shape index (κ2) is 6.02. The van der Waals surface area contributed by atoms with Crippen LogP contribution in [-0.4, -0.2) is 20.5 Å².